The summed E-state index contributed by atoms with van der Waals surface area (Å²) in [7, 11) is 0. The molecule has 7 heteroatoms. The molecule has 0 radical (unpaired) electrons. The zero-order chi connectivity index (χ0) is 20.8. The highest BCUT2D eigenvalue weighted by molar-refractivity contribution is 5.97. The van der Waals surface area contributed by atoms with E-state index in [9.17, 15) is 9.59 Å². The van der Waals surface area contributed by atoms with Crippen molar-refractivity contribution in [1.82, 2.24) is 20.4 Å². The van der Waals surface area contributed by atoms with Gasteiger partial charge in [0.1, 0.15) is 0 Å². The van der Waals surface area contributed by atoms with Gasteiger partial charge in [-0.15, -0.1) is 12.4 Å². The average molecular weight is 427 g/mol. The number of amides is 2. The van der Waals surface area contributed by atoms with Crippen LogP contribution in [-0.4, -0.2) is 74.0 Å². The van der Waals surface area contributed by atoms with Crippen LogP contribution in [0.25, 0.3) is 0 Å². The SMILES string of the molecule is CCN(CC)CCCNC(=O)c1ccc(C(=O)NCCCN(CC)CC)cc1.Cl. The molecule has 29 heavy (non-hydrogen) atoms. The van der Waals surface area contributed by atoms with Crippen LogP contribution in [-0.2, 0) is 0 Å². The summed E-state index contributed by atoms with van der Waals surface area (Å²) in [4.78, 5) is 29.1. The molecule has 0 bridgehead atoms. The van der Waals surface area contributed by atoms with Crippen LogP contribution >= 0.6 is 12.4 Å². The van der Waals surface area contributed by atoms with Crippen LogP contribution in [0.4, 0.5) is 0 Å². The summed E-state index contributed by atoms with van der Waals surface area (Å²) in [6.45, 7) is 16.0. The number of rotatable bonds is 14. The third-order valence-corrected chi connectivity index (χ3v) is 5.07. The van der Waals surface area contributed by atoms with Crippen molar-refractivity contribution >= 4 is 24.2 Å². The number of nitrogens with one attached hydrogen (secondary N) is 2. The lowest BCUT2D eigenvalue weighted by molar-refractivity contribution is 0.0940. The molecule has 0 aliphatic rings. The van der Waals surface area contributed by atoms with E-state index in [2.05, 4.69) is 48.1 Å². The minimum atomic E-state index is -0.0919. The molecule has 1 aromatic carbocycles. The predicted octanol–water partition coefficient (Wildman–Crippen LogP) is 3.03. The molecule has 1 aromatic rings. The van der Waals surface area contributed by atoms with Crippen molar-refractivity contribution < 1.29 is 9.59 Å². The van der Waals surface area contributed by atoms with Crippen LogP contribution in [0.2, 0.25) is 0 Å². The Morgan fingerprint density at radius 2 is 1.00 bits per heavy atom. The van der Waals surface area contributed by atoms with Gasteiger partial charge in [0, 0.05) is 24.2 Å². The predicted molar refractivity (Wildman–Crippen MR) is 123 cm³/mol. The van der Waals surface area contributed by atoms with Crippen LogP contribution in [0.3, 0.4) is 0 Å². The maximum absolute atomic E-state index is 12.2. The number of carbonyl (C=O) groups excluding carboxylic acids is 2. The molecule has 0 aliphatic heterocycles. The fourth-order valence-corrected chi connectivity index (χ4v) is 3.07. The molecule has 0 aliphatic carbocycles. The number of carbonyl (C=O) groups is 2. The van der Waals surface area contributed by atoms with Gasteiger partial charge >= 0.3 is 0 Å². The molecular formula is C22H39ClN4O2. The number of halogens is 1. The zero-order valence-electron chi connectivity index (χ0n) is 18.5. The second kappa shape index (κ2) is 16.2. The van der Waals surface area contributed by atoms with E-state index < -0.39 is 0 Å². The molecule has 0 atom stereocenters. The lowest BCUT2D eigenvalue weighted by Crippen LogP contribution is -2.30. The van der Waals surface area contributed by atoms with E-state index in [0.29, 0.717) is 24.2 Å². The second-order valence-corrected chi connectivity index (χ2v) is 6.85. The van der Waals surface area contributed by atoms with Gasteiger partial charge in [-0.1, -0.05) is 27.7 Å². The van der Waals surface area contributed by atoms with E-state index in [1.165, 1.54) is 0 Å². The number of nitrogens with zero attached hydrogens (tertiary/aromatic N) is 2. The van der Waals surface area contributed by atoms with Crippen molar-refractivity contribution in [2.24, 2.45) is 0 Å². The molecule has 0 spiro atoms. The summed E-state index contributed by atoms with van der Waals surface area (Å²) >= 11 is 0. The Hall–Kier alpha value is -1.63. The molecule has 1 rings (SSSR count). The highest BCUT2D eigenvalue weighted by atomic mass is 35.5. The van der Waals surface area contributed by atoms with Crippen molar-refractivity contribution in [3.8, 4) is 0 Å². The first-order valence-corrected chi connectivity index (χ1v) is 10.7. The Morgan fingerprint density at radius 3 is 1.28 bits per heavy atom. The van der Waals surface area contributed by atoms with Gasteiger partial charge in [-0.2, -0.15) is 0 Å². The molecule has 2 amide bonds. The molecule has 166 valence electrons. The molecule has 0 fully saturated rings. The van der Waals surface area contributed by atoms with Gasteiger partial charge in [0.05, 0.1) is 0 Å². The second-order valence-electron chi connectivity index (χ2n) is 6.85. The summed E-state index contributed by atoms with van der Waals surface area (Å²) < 4.78 is 0. The van der Waals surface area contributed by atoms with E-state index in [4.69, 9.17) is 0 Å². The van der Waals surface area contributed by atoms with E-state index in [-0.39, 0.29) is 24.2 Å². The van der Waals surface area contributed by atoms with E-state index >= 15 is 0 Å². The molecule has 0 heterocycles. The van der Waals surface area contributed by atoms with Crippen LogP contribution in [0.15, 0.2) is 24.3 Å². The van der Waals surface area contributed by atoms with Gasteiger partial charge in [-0.25, -0.2) is 0 Å². The highest BCUT2D eigenvalue weighted by Gasteiger charge is 2.09. The smallest absolute Gasteiger partial charge is 0.251 e. The number of hydrogen-bond donors (Lipinski definition) is 2. The Bertz CT molecular complexity index is 522. The molecule has 0 unspecified atom stereocenters. The Balaban J connectivity index is 0.00000784. The van der Waals surface area contributed by atoms with Crippen LogP contribution in [0.1, 0.15) is 61.3 Å². The maximum Gasteiger partial charge on any atom is 0.251 e. The summed E-state index contributed by atoms with van der Waals surface area (Å²) in [5.41, 5.74) is 1.17. The first-order valence-electron chi connectivity index (χ1n) is 10.7. The van der Waals surface area contributed by atoms with Gasteiger partial charge in [0.15, 0.2) is 0 Å². The fraction of sp³-hybridized carbons (Fsp3) is 0.636. The Labute approximate surface area is 182 Å². The van der Waals surface area contributed by atoms with Gasteiger partial charge in [-0.05, 0) is 76.4 Å². The number of hydrogen-bond acceptors (Lipinski definition) is 4. The summed E-state index contributed by atoms with van der Waals surface area (Å²) in [5.74, 6) is -0.184. The summed E-state index contributed by atoms with van der Waals surface area (Å²) in [5, 5.41) is 5.89. The van der Waals surface area contributed by atoms with Crippen molar-refractivity contribution in [1.29, 1.82) is 0 Å². The van der Waals surface area contributed by atoms with Crippen LogP contribution in [0, 0.1) is 0 Å². The molecule has 0 saturated carbocycles. The van der Waals surface area contributed by atoms with Gasteiger partial charge < -0.3 is 20.4 Å². The molecule has 6 nitrogen and oxygen atoms in total. The van der Waals surface area contributed by atoms with Crippen molar-refractivity contribution in [2.75, 3.05) is 52.4 Å². The van der Waals surface area contributed by atoms with Crippen molar-refractivity contribution in [3.63, 3.8) is 0 Å². The summed E-state index contributed by atoms with van der Waals surface area (Å²) in [6, 6.07) is 6.85. The van der Waals surface area contributed by atoms with E-state index in [1.807, 2.05) is 0 Å². The average Bonchev–Trinajstić information content (AvgIpc) is 2.73. The third-order valence-electron chi connectivity index (χ3n) is 5.07. The first kappa shape index (κ1) is 27.4. The van der Waals surface area contributed by atoms with E-state index in [1.54, 1.807) is 24.3 Å². The van der Waals surface area contributed by atoms with Crippen LogP contribution in [0.5, 0.6) is 0 Å². The van der Waals surface area contributed by atoms with Gasteiger partial charge in [-0.3, -0.25) is 9.59 Å². The lowest BCUT2D eigenvalue weighted by Gasteiger charge is -2.17. The fourth-order valence-electron chi connectivity index (χ4n) is 3.07. The largest absolute Gasteiger partial charge is 0.352 e. The highest BCUT2D eigenvalue weighted by Crippen LogP contribution is 2.05. The topological polar surface area (TPSA) is 64.7 Å². The third kappa shape index (κ3) is 10.6. The first-order chi connectivity index (χ1) is 13.5. The molecule has 0 saturated heterocycles. The lowest BCUT2D eigenvalue weighted by atomic mass is 10.1. The van der Waals surface area contributed by atoms with Crippen molar-refractivity contribution in [3.05, 3.63) is 35.4 Å². The molecule has 2 N–H and O–H groups in total. The monoisotopic (exact) mass is 426 g/mol. The van der Waals surface area contributed by atoms with E-state index in [0.717, 1.165) is 52.1 Å². The number of benzene rings is 1. The molecule has 0 aromatic heterocycles. The van der Waals surface area contributed by atoms with Gasteiger partial charge in [0.25, 0.3) is 11.8 Å². The maximum atomic E-state index is 12.2. The summed E-state index contributed by atoms with van der Waals surface area (Å²) in [6.07, 6.45) is 1.86. The normalized spacial score (nSPS) is 10.7. The minimum Gasteiger partial charge on any atom is -0.352 e. The zero-order valence-corrected chi connectivity index (χ0v) is 19.3. The minimum absolute atomic E-state index is 0. The standard InChI is InChI=1S/C22H38N4O2.ClH/c1-5-25(6-2)17-9-15-23-21(27)19-11-13-20(14-12-19)22(28)24-16-10-18-26(7-3)8-4;/h11-14H,5-10,15-18H2,1-4H3,(H,23,27)(H,24,28);1H. The molecular weight excluding hydrogens is 388 g/mol. The van der Waals surface area contributed by atoms with Crippen LogP contribution < -0.4 is 10.6 Å². The van der Waals surface area contributed by atoms with Crippen molar-refractivity contribution in [2.45, 2.75) is 40.5 Å². The Kier molecular flexibility index (Phi) is 15.3. The quantitative estimate of drug-likeness (QED) is 0.449. The Morgan fingerprint density at radius 1 is 0.690 bits per heavy atom. The van der Waals surface area contributed by atoms with Gasteiger partial charge in [0.2, 0.25) is 0 Å².